The second-order valence-electron chi connectivity index (χ2n) is 7.57. The van der Waals surface area contributed by atoms with Crippen LogP contribution in [0.25, 0.3) is 5.69 Å². The number of anilines is 2. The van der Waals surface area contributed by atoms with Gasteiger partial charge in [0.2, 0.25) is 5.91 Å². The first kappa shape index (κ1) is 25.9. The standard InChI is InChI=1S/C25H16F3IN4O4/c1-13(34)31-22-10-16(6-8-30-22)37-21-12-17(27)20(11-18(21)28)32-24(35)23-19(29)7-9-33(25(23)36)15-4-2-14(26)3-5-15/h2-12H,1H3,(H,32,35)(H,30,31,34). The summed E-state index contributed by atoms with van der Waals surface area (Å²) in [5.41, 5.74) is -1.25. The molecule has 0 aliphatic rings. The Kier molecular flexibility index (Phi) is 7.57. The van der Waals surface area contributed by atoms with Crippen molar-refractivity contribution in [3.8, 4) is 17.2 Å². The smallest absolute Gasteiger partial charge is 0.269 e. The number of halogens is 4. The van der Waals surface area contributed by atoms with Gasteiger partial charge in [-0.3, -0.25) is 19.0 Å². The summed E-state index contributed by atoms with van der Waals surface area (Å²) < 4.78 is 49.5. The molecule has 2 aromatic heterocycles. The van der Waals surface area contributed by atoms with Gasteiger partial charge in [0.1, 0.15) is 22.9 Å². The number of nitrogens with one attached hydrogen (secondary N) is 2. The molecule has 4 aromatic rings. The van der Waals surface area contributed by atoms with E-state index >= 15 is 0 Å². The van der Waals surface area contributed by atoms with Gasteiger partial charge in [-0.2, -0.15) is 0 Å². The fourth-order valence-electron chi connectivity index (χ4n) is 3.26. The van der Waals surface area contributed by atoms with Gasteiger partial charge in [-0.1, -0.05) is 0 Å². The third-order valence-corrected chi connectivity index (χ3v) is 5.81. The molecule has 0 atom stereocenters. The number of carbonyl (C=O) groups is 2. The van der Waals surface area contributed by atoms with Crippen LogP contribution < -0.4 is 20.9 Å². The predicted molar refractivity (Wildman–Crippen MR) is 138 cm³/mol. The summed E-state index contributed by atoms with van der Waals surface area (Å²) >= 11 is 1.77. The summed E-state index contributed by atoms with van der Waals surface area (Å²) in [6.45, 7) is 1.28. The van der Waals surface area contributed by atoms with Crippen LogP contribution in [-0.2, 0) is 4.79 Å². The second-order valence-corrected chi connectivity index (χ2v) is 8.73. The van der Waals surface area contributed by atoms with Crippen LogP contribution in [0.5, 0.6) is 11.5 Å². The van der Waals surface area contributed by atoms with Crippen molar-refractivity contribution in [2.75, 3.05) is 10.6 Å². The highest BCUT2D eigenvalue weighted by molar-refractivity contribution is 14.1. The van der Waals surface area contributed by atoms with Gasteiger partial charge in [0, 0.05) is 46.8 Å². The zero-order chi connectivity index (χ0) is 26.7. The Labute approximate surface area is 221 Å². The lowest BCUT2D eigenvalue weighted by molar-refractivity contribution is -0.114. The third kappa shape index (κ3) is 5.97. The Morgan fingerprint density at radius 1 is 0.973 bits per heavy atom. The maximum absolute atomic E-state index is 14.8. The molecule has 12 heteroatoms. The topological polar surface area (TPSA) is 102 Å². The average molecular weight is 620 g/mol. The Balaban J connectivity index is 1.59. The Morgan fingerprint density at radius 2 is 1.70 bits per heavy atom. The van der Waals surface area contributed by atoms with E-state index in [1.807, 2.05) is 0 Å². The van der Waals surface area contributed by atoms with E-state index in [0.717, 1.165) is 22.8 Å². The number of nitrogens with zero attached hydrogens (tertiary/aromatic N) is 2. The van der Waals surface area contributed by atoms with E-state index in [2.05, 4.69) is 15.6 Å². The first-order valence-corrected chi connectivity index (χ1v) is 11.6. The van der Waals surface area contributed by atoms with E-state index < -0.39 is 40.4 Å². The van der Waals surface area contributed by atoms with Crippen LogP contribution in [0.1, 0.15) is 17.3 Å². The fourth-order valence-corrected chi connectivity index (χ4v) is 3.90. The molecule has 0 aliphatic heterocycles. The maximum atomic E-state index is 14.8. The van der Waals surface area contributed by atoms with Gasteiger partial charge in [-0.25, -0.2) is 18.2 Å². The Bertz CT molecular complexity index is 1580. The summed E-state index contributed by atoms with van der Waals surface area (Å²) in [6, 6.07) is 10.7. The van der Waals surface area contributed by atoms with E-state index in [1.165, 1.54) is 49.6 Å². The first-order chi connectivity index (χ1) is 17.6. The summed E-state index contributed by atoms with van der Waals surface area (Å²) in [6.07, 6.45) is 2.72. The van der Waals surface area contributed by atoms with Crippen molar-refractivity contribution >= 4 is 45.9 Å². The van der Waals surface area contributed by atoms with Crippen LogP contribution in [0.4, 0.5) is 24.7 Å². The quantitative estimate of drug-likeness (QED) is 0.287. The number of amides is 2. The molecule has 2 amide bonds. The van der Waals surface area contributed by atoms with Crippen molar-refractivity contribution in [1.29, 1.82) is 0 Å². The van der Waals surface area contributed by atoms with Crippen LogP contribution in [0.15, 0.2) is 71.8 Å². The summed E-state index contributed by atoms with van der Waals surface area (Å²) in [5, 5.41) is 4.65. The average Bonchev–Trinajstić information content (AvgIpc) is 2.83. The number of benzene rings is 2. The second kappa shape index (κ2) is 10.8. The largest absolute Gasteiger partial charge is 0.454 e. The minimum absolute atomic E-state index is 0.0778. The molecule has 2 heterocycles. The lowest BCUT2D eigenvalue weighted by atomic mass is 10.2. The normalized spacial score (nSPS) is 10.6. The molecular formula is C25H16F3IN4O4. The molecule has 0 aliphatic carbocycles. The number of hydrogen-bond donors (Lipinski definition) is 2. The van der Waals surface area contributed by atoms with E-state index in [1.54, 1.807) is 22.6 Å². The minimum Gasteiger partial charge on any atom is -0.454 e. The number of aromatic nitrogens is 2. The molecule has 4 rings (SSSR count). The molecule has 8 nitrogen and oxygen atoms in total. The molecule has 0 saturated heterocycles. The lowest BCUT2D eigenvalue weighted by Crippen LogP contribution is -2.29. The van der Waals surface area contributed by atoms with Crippen molar-refractivity contribution in [3.63, 3.8) is 0 Å². The fraction of sp³-hybridized carbons (Fsp3) is 0.0400. The van der Waals surface area contributed by atoms with Crippen LogP contribution in [0.3, 0.4) is 0 Å². The summed E-state index contributed by atoms with van der Waals surface area (Å²) in [5.74, 6) is -4.11. The maximum Gasteiger partial charge on any atom is 0.269 e. The number of rotatable bonds is 6. The minimum atomic E-state index is -1.02. The highest BCUT2D eigenvalue weighted by atomic mass is 127. The molecule has 0 fully saturated rings. The third-order valence-electron chi connectivity index (χ3n) is 4.91. The van der Waals surface area contributed by atoms with Crippen molar-refractivity contribution in [2.24, 2.45) is 0 Å². The molecule has 37 heavy (non-hydrogen) atoms. The Morgan fingerprint density at radius 3 is 2.41 bits per heavy atom. The van der Waals surface area contributed by atoms with Crippen molar-refractivity contribution in [3.05, 3.63) is 104 Å². The van der Waals surface area contributed by atoms with Gasteiger partial charge >= 0.3 is 0 Å². The molecule has 2 aromatic carbocycles. The van der Waals surface area contributed by atoms with E-state index in [0.29, 0.717) is 11.8 Å². The van der Waals surface area contributed by atoms with Crippen molar-refractivity contribution < 1.29 is 27.5 Å². The molecule has 0 spiro atoms. The predicted octanol–water partition coefficient (Wildman–Crippen LogP) is 5.26. The zero-order valence-electron chi connectivity index (χ0n) is 18.9. The van der Waals surface area contributed by atoms with Gasteiger partial charge in [-0.15, -0.1) is 0 Å². The highest BCUT2D eigenvalue weighted by Gasteiger charge is 2.21. The molecule has 0 bridgehead atoms. The molecule has 188 valence electrons. The van der Waals surface area contributed by atoms with Crippen LogP contribution in [-0.4, -0.2) is 21.4 Å². The number of pyridine rings is 2. The van der Waals surface area contributed by atoms with Crippen LogP contribution in [0, 0.1) is 21.0 Å². The van der Waals surface area contributed by atoms with Crippen LogP contribution >= 0.6 is 22.6 Å². The zero-order valence-corrected chi connectivity index (χ0v) is 21.0. The number of carbonyl (C=O) groups excluding carboxylic acids is 2. The van der Waals surface area contributed by atoms with Gasteiger partial charge in [0.15, 0.2) is 17.4 Å². The van der Waals surface area contributed by atoms with E-state index in [4.69, 9.17) is 4.74 Å². The number of ether oxygens (including phenoxy) is 1. The SMILES string of the molecule is CC(=O)Nc1cc(Oc2cc(F)c(NC(=O)c3c(I)ccn(-c4ccc(F)cc4)c3=O)cc2F)ccn1. The molecule has 0 saturated carbocycles. The van der Waals surface area contributed by atoms with Gasteiger partial charge in [-0.05, 0) is 59.0 Å². The molecular weight excluding hydrogens is 604 g/mol. The van der Waals surface area contributed by atoms with Crippen molar-refractivity contribution in [2.45, 2.75) is 6.92 Å². The van der Waals surface area contributed by atoms with Gasteiger partial charge < -0.3 is 15.4 Å². The molecule has 0 unspecified atom stereocenters. The monoisotopic (exact) mass is 620 g/mol. The summed E-state index contributed by atoms with van der Waals surface area (Å²) in [7, 11) is 0. The Hall–Kier alpha value is -4.20. The number of hydrogen-bond acceptors (Lipinski definition) is 5. The van der Waals surface area contributed by atoms with Crippen molar-refractivity contribution in [1.82, 2.24) is 9.55 Å². The van der Waals surface area contributed by atoms with Gasteiger partial charge in [0.05, 0.1) is 5.69 Å². The molecule has 0 radical (unpaired) electrons. The first-order valence-electron chi connectivity index (χ1n) is 10.5. The summed E-state index contributed by atoms with van der Waals surface area (Å²) in [4.78, 5) is 41.0. The lowest BCUT2D eigenvalue weighted by Gasteiger charge is -2.13. The van der Waals surface area contributed by atoms with Crippen LogP contribution in [0.2, 0.25) is 0 Å². The highest BCUT2D eigenvalue weighted by Crippen LogP contribution is 2.30. The molecule has 2 N–H and O–H groups in total. The van der Waals surface area contributed by atoms with E-state index in [-0.39, 0.29) is 26.6 Å². The van der Waals surface area contributed by atoms with E-state index in [9.17, 15) is 27.6 Å². The van der Waals surface area contributed by atoms with Gasteiger partial charge in [0.25, 0.3) is 11.5 Å².